The van der Waals surface area contributed by atoms with E-state index in [4.69, 9.17) is 9.15 Å². The van der Waals surface area contributed by atoms with E-state index in [1.54, 1.807) is 12.1 Å². The number of hydrogen-bond acceptors (Lipinski definition) is 5. The highest BCUT2D eigenvalue weighted by atomic mass is 16.5. The van der Waals surface area contributed by atoms with Gasteiger partial charge in [-0.25, -0.2) is 4.79 Å². The highest BCUT2D eigenvalue weighted by Gasteiger charge is 2.11. The summed E-state index contributed by atoms with van der Waals surface area (Å²) >= 11 is 0. The summed E-state index contributed by atoms with van der Waals surface area (Å²) in [6, 6.07) is 15.9. The van der Waals surface area contributed by atoms with Crippen LogP contribution < -0.4 is 15.4 Å². The predicted octanol–water partition coefficient (Wildman–Crippen LogP) is 3.78. The molecule has 0 unspecified atom stereocenters. The number of carbonyl (C=O) groups is 1. The quantitative estimate of drug-likeness (QED) is 0.745. The van der Waals surface area contributed by atoms with Gasteiger partial charge in [0.25, 0.3) is 0 Å². The molecule has 122 valence electrons. The molecule has 0 saturated heterocycles. The van der Waals surface area contributed by atoms with Gasteiger partial charge in [0.2, 0.25) is 5.89 Å². The van der Waals surface area contributed by atoms with Crippen LogP contribution in [-0.4, -0.2) is 22.8 Å². The third-order valence-corrected chi connectivity index (χ3v) is 3.09. The normalized spacial score (nSPS) is 10.2. The van der Waals surface area contributed by atoms with Gasteiger partial charge in [-0.15, -0.1) is 5.10 Å². The zero-order chi connectivity index (χ0) is 16.8. The van der Waals surface area contributed by atoms with Crippen LogP contribution in [0.5, 0.6) is 5.75 Å². The van der Waals surface area contributed by atoms with Gasteiger partial charge >= 0.3 is 12.0 Å². The lowest BCUT2D eigenvalue weighted by atomic mass is 10.2. The number of ether oxygens (including phenoxy) is 1. The minimum Gasteiger partial charge on any atom is -0.494 e. The number of nitrogens with zero attached hydrogens (tertiary/aromatic N) is 2. The van der Waals surface area contributed by atoms with E-state index in [1.807, 2.05) is 49.4 Å². The molecule has 0 bridgehead atoms. The average molecular weight is 324 g/mol. The number of para-hydroxylation sites is 1. The Morgan fingerprint density at radius 1 is 1.04 bits per heavy atom. The van der Waals surface area contributed by atoms with Crippen LogP contribution in [0.4, 0.5) is 16.5 Å². The number of rotatable bonds is 5. The number of aromatic nitrogens is 2. The fourth-order valence-corrected chi connectivity index (χ4v) is 2.03. The number of amides is 2. The Hall–Kier alpha value is -3.35. The second kappa shape index (κ2) is 7.28. The monoisotopic (exact) mass is 324 g/mol. The van der Waals surface area contributed by atoms with E-state index in [-0.39, 0.29) is 6.01 Å². The maximum Gasteiger partial charge on any atom is 0.327 e. The summed E-state index contributed by atoms with van der Waals surface area (Å²) in [5.41, 5.74) is 1.41. The lowest BCUT2D eigenvalue weighted by molar-refractivity contribution is 0.261. The number of nitrogens with one attached hydrogen (secondary N) is 2. The molecule has 0 atom stereocenters. The molecule has 0 aliphatic heterocycles. The second-order valence-corrected chi connectivity index (χ2v) is 4.81. The molecule has 0 radical (unpaired) electrons. The van der Waals surface area contributed by atoms with Gasteiger partial charge < -0.3 is 14.5 Å². The first-order valence-electron chi connectivity index (χ1n) is 7.44. The fourth-order valence-electron chi connectivity index (χ4n) is 2.03. The van der Waals surface area contributed by atoms with Crippen molar-refractivity contribution < 1.29 is 13.9 Å². The van der Waals surface area contributed by atoms with E-state index in [0.29, 0.717) is 18.2 Å². The van der Waals surface area contributed by atoms with Crippen molar-refractivity contribution in [2.75, 3.05) is 17.2 Å². The molecule has 24 heavy (non-hydrogen) atoms. The third-order valence-electron chi connectivity index (χ3n) is 3.09. The minimum atomic E-state index is -0.455. The van der Waals surface area contributed by atoms with Gasteiger partial charge in [-0.2, -0.15) is 0 Å². The summed E-state index contributed by atoms with van der Waals surface area (Å²) in [7, 11) is 0. The third kappa shape index (κ3) is 3.89. The summed E-state index contributed by atoms with van der Waals surface area (Å²) in [6.45, 7) is 2.52. The number of anilines is 2. The van der Waals surface area contributed by atoms with Gasteiger partial charge in [0.05, 0.1) is 6.61 Å². The van der Waals surface area contributed by atoms with Crippen LogP contribution in [0.3, 0.4) is 0 Å². The second-order valence-electron chi connectivity index (χ2n) is 4.81. The van der Waals surface area contributed by atoms with Gasteiger partial charge in [-0.05, 0) is 43.3 Å². The first-order chi connectivity index (χ1) is 11.7. The molecule has 0 saturated carbocycles. The lowest BCUT2D eigenvalue weighted by Crippen LogP contribution is -2.19. The summed E-state index contributed by atoms with van der Waals surface area (Å²) in [5.74, 6) is 1.08. The Bertz CT molecular complexity index is 800. The van der Waals surface area contributed by atoms with Crippen LogP contribution in [0.15, 0.2) is 59.0 Å². The van der Waals surface area contributed by atoms with Gasteiger partial charge in [-0.1, -0.05) is 23.3 Å². The molecular formula is C17H16N4O3. The molecule has 3 aromatic rings. The van der Waals surface area contributed by atoms with Crippen molar-refractivity contribution in [2.24, 2.45) is 0 Å². The van der Waals surface area contributed by atoms with E-state index in [2.05, 4.69) is 20.8 Å². The van der Waals surface area contributed by atoms with Crippen molar-refractivity contribution in [3.8, 4) is 17.2 Å². The van der Waals surface area contributed by atoms with Crippen LogP contribution in [-0.2, 0) is 0 Å². The maximum atomic E-state index is 11.9. The van der Waals surface area contributed by atoms with E-state index >= 15 is 0 Å². The highest BCUT2D eigenvalue weighted by Crippen LogP contribution is 2.22. The van der Waals surface area contributed by atoms with Crippen LogP contribution in [0, 0.1) is 0 Å². The first-order valence-corrected chi connectivity index (χ1v) is 7.44. The smallest absolute Gasteiger partial charge is 0.327 e. The molecule has 0 aliphatic carbocycles. The van der Waals surface area contributed by atoms with Crippen molar-refractivity contribution in [1.82, 2.24) is 10.2 Å². The van der Waals surface area contributed by atoms with Crippen molar-refractivity contribution in [2.45, 2.75) is 6.92 Å². The summed E-state index contributed by atoms with van der Waals surface area (Å²) in [5, 5.41) is 12.9. The van der Waals surface area contributed by atoms with Gasteiger partial charge in [-0.3, -0.25) is 5.32 Å². The topological polar surface area (TPSA) is 89.3 Å². The standard InChI is InChI=1S/C17H16N4O3/c1-2-23-14-10-8-12(9-11-14)15-20-21-17(24-15)19-16(22)18-13-6-4-3-5-7-13/h3-11H,2H2,1H3,(H2,18,19,21,22). The van der Waals surface area contributed by atoms with Crippen LogP contribution in [0.1, 0.15) is 6.92 Å². The van der Waals surface area contributed by atoms with Crippen LogP contribution >= 0.6 is 0 Å². The number of carbonyl (C=O) groups excluding carboxylic acids is 1. The predicted molar refractivity (Wildman–Crippen MR) is 90.0 cm³/mol. The largest absolute Gasteiger partial charge is 0.494 e. The molecule has 0 fully saturated rings. The van der Waals surface area contributed by atoms with E-state index in [9.17, 15) is 4.79 Å². The first kappa shape index (κ1) is 15.5. The van der Waals surface area contributed by atoms with E-state index < -0.39 is 6.03 Å². The van der Waals surface area contributed by atoms with Crippen molar-refractivity contribution in [3.05, 3.63) is 54.6 Å². The zero-order valence-corrected chi connectivity index (χ0v) is 13.0. The van der Waals surface area contributed by atoms with Crippen molar-refractivity contribution >= 4 is 17.7 Å². The zero-order valence-electron chi connectivity index (χ0n) is 13.0. The minimum absolute atomic E-state index is 0.0207. The van der Waals surface area contributed by atoms with E-state index in [0.717, 1.165) is 11.3 Å². The Morgan fingerprint density at radius 2 is 1.79 bits per heavy atom. The fraction of sp³-hybridized carbons (Fsp3) is 0.118. The number of benzene rings is 2. The van der Waals surface area contributed by atoms with Crippen LogP contribution in [0.2, 0.25) is 0 Å². The van der Waals surface area contributed by atoms with E-state index in [1.165, 1.54) is 0 Å². The Kier molecular flexibility index (Phi) is 4.71. The Morgan fingerprint density at radius 3 is 2.50 bits per heavy atom. The molecule has 7 heteroatoms. The summed E-state index contributed by atoms with van der Waals surface area (Å²) in [6.07, 6.45) is 0. The molecule has 3 rings (SSSR count). The Labute approximate surface area is 138 Å². The molecule has 1 heterocycles. The average Bonchev–Trinajstić information content (AvgIpc) is 3.05. The molecule has 1 aromatic heterocycles. The number of hydrogen-bond donors (Lipinski definition) is 2. The lowest BCUT2D eigenvalue weighted by Gasteiger charge is -2.04. The van der Waals surface area contributed by atoms with Gasteiger partial charge in [0.15, 0.2) is 0 Å². The van der Waals surface area contributed by atoms with Gasteiger partial charge in [0.1, 0.15) is 5.75 Å². The molecular weight excluding hydrogens is 308 g/mol. The van der Waals surface area contributed by atoms with Crippen molar-refractivity contribution in [3.63, 3.8) is 0 Å². The number of urea groups is 1. The van der Waals surface area contributed by atoms with Crippen molar-refractivity contribution in [1.29, 1.82) is 0 Å². The summed E-state index contributed by atoms with van der Waals surface area (Å²) in [4.78, 5) is 11.9. The molecule has 7 nitrogen and oxygen atoms in total. The molecule has 2 N–H and O–H groups in total. The molecule has 0 aliphatic rings. The Balaban J connectivity index is 1.63. The van der Waals surface area contributed by atoms with Gasteiger partial charge in [0, 0.05) is 11.3 Å². The molecule has 2 amide bonds. The molecule has 0 spiro atoms. The highest BCUT2D eigenvalue weighted by molar-refractivity contribution is 5.98. The van der Waals surface area contributed by atoms with Crippen LogP contribution in [0.25, 0.3) is 11.5 Å². The SMILES string of the molecule is CCOc1ccc(-c2nnc(NC(=O)Nc3ccccc3)o2)cc1. The summed E-state index contributed by atoms with van der Waals surface area (Å²) < 4.78 is 10.8. The molecule has 2 aromatic carbocycles. The maximum absolute atomic E-state index is 11.9.